The van der Waals surface area contributed by atoms with Crippen LogP contribution in [0, 0.1) is 13.8 Å². The highest BCUT2D eigenvalue weighted by molar-refractivity contribution is 7.98. The third kappa shape index (κ3) is 4.19. The lowest BCUT2D eigenvalue weighted by atomic mass is 10.1. The number of aryl methyl sites for hydroxylation is 2. The first-order chi connectivity index (χ1) is 11.6. The lowest BCUT2D eigenvalue weighted by molar-refractivity contribution is 0.0735. The SMILES string of the molecule is Cc1ccc(SCc2cccc(C(=O)N3CCNCC3)c2)c(C)c1. The molecule has 24 heavy (non-hydrogen) atoms. The first kappa shape index (κ1) is 17.1. The largest absolute Gasteiger partial charge is 0.336 e. The van der Waals surface area contributed by atoms with E-state index >= 15 is 0 Å². The van der Waals surface area contributed by atoms with Gasteiger partial charge in [-0.3, -0.25) is 4.79 Å². The van der Waals surface area contributed by atoms with Crippen molar-refractivity contribution in [1.29, 1.82) is 0 Å². The second-order valence-corrected chi connectivity index (χ2v) is 7.32. The van der Waals surface area contributed by atoms with Gasteiger partial charge in [-0.2, -0.15) is 0 Å². The summed E-state index contributed by atoms with van der Waals surface area (Å²) >= 11 is 1.83. The molecule has 1 amide bonds. The van der Waals surface area contributed by atoms with E-state index in [1.807, 2.05) is 34.9 Å². The topological polar surface area (TPSA) is 32.3 Å². The molecule has 2 aromatic rings. The van der Waals surface area contributed by atoms with Crippen LogP contribution >= 0.6 is 11.8 Å². The molecule has 1 aliphatic rings. The molecule has 0 atom stereocenters. The molecule has 0 spiro atoms. The Bertz CT molecular complexity index is 723. The summed E-state index contributed by atoms with van der Waals surface area (Å²) < 4.78 is 0. The summed E-state index contributed by atoms with van der Waals surface area (Å²) in [7, 11) is 0. The summed E-state index contributed by atoms with van der Waals surface area (Å²) in [5, 5.41) is 3.28. The second-order valence-electron chi connectivity index (χ2n) is 6.30. The summed E-state index contributed by atoms with van der Waals surface area (Å²) in [5.74, 6) is 1.03. The number of carbonyl (C=O) groups excluding carboxylic acids is 1. The van der Waals surface area contributed by atoms with Gasteiger partial charge in [-0.1, -0.05) is 29.8 Å². The molecule has 0 aromatic heterocycles. The van der Waals surface area contributed by atoms with Crippen LogP contribution in [0.2, 0.25) is 0 Å². The summed E-state index contributed by atoms with van der Waals surface area (Å²) in [6.07, 6.45) is 0. The zero-order chi connectivity index (χ0) is 16.9. The van der Waals surface area contributed by atoms with E-state index < -0.39 is 0 Å². The molecule has 4 heteroatoms. The van der Waals surface area contributed by atoms with Gasteiger partial charge in [0.1, 0.15) is 0 Å². The predicted molar refractivity (Wildman–Crippen MR) is 101 cm³/mol. The van der Waals surface area contributed by atoms with Crippen LogP contribution in [-0.4, -0.2) is 37.0 Å². The average Bonchev–Trinajstić information content (AvgIpc) is 2.61. The summed E-state index contributed by atoms with van der Waals surface area (Å²) in [4.78, 5) is 15.9. The molecule has 3 rings (SSSR count). The van der Waals surface area contributed by atoms with Crippen LogP contribution < -0.4 is 5.32 Å². The van der Waals surface area contributed by atoms with Crippen molar-refractivity contribution in [1.82, 2.24) is 10.2 Å². The minimum Gasteiger partial charge on any atom is -0.336 e. The molecule has 0 aliphatic carbocycles. The summed E-state index contributed by atoms with van der Waals surface area (Å²) in [6.45, 7) is 7.62. The second kappa shape index (κ2) is 7.86. The van der Waals surface area contributed by atoms with Crippen LogP contribution in [0.1, 0.15) is 27.0 Å². The average molecular weight is 340 g/mol. The standard InChI is InChI=1S/C20H24N2OS/c1-15-6-7-19(16(2)12-15)24-14-17-4-3-5-18(13-17)20(23)22-10-8-21-9-11-22/h3-7,12-13,21H,8-11,14H2,1-2H3. The lowest BCUT2D eigenvalue weighted by Gasteiger charge is -2.27. The molecular formula is C20H24N2OS. The lowest BCUT2D eigenvalue weighted by Crippen LogP contribution is -2.46. The number of piperazine rings is 1. The van der Waals surface area contributed by atoms with E-state index in [0.29, 0.717) is 0 Å². The van der Waals surface area contributed by atoms with Gasteiger partial charge < -0.3 is 10.2 Å². The molecule has 0 radical (unpaired) electrons. The monoisotopic (exact) mass is 340 g/mol. The Balaban J connectivity index is 1.67. The molecule has 1 heterocycles. The zero-order valence-corrected chi connectivity index (χ0v) is 15.2. The van der Waals surface area contributed by atoms with E-state index in [1.165, 1.54) is 21.6 Å². The number of carbonyl (C=O) groups is 1. The van der Waals surface area contributed by atoms with Crippen LogP contribution in [0.3, 0.4) is 0 Å². The molecule has 3 nitrogen and oxygen atoms in total. The third-order valence-corrected chi connectivity index (χ3v) is 5.55. The molecule has 126 valence electrons. The van der Waals surface area contributed by atoms with Gasteiger partial charge in [-0.05, 0) is 43.2 Å². The van der Waals surface area contributed by atoms with E-state index in [2.05, 4.69) is 43.4 Å². The highest BCUT2D eigenvalue weighted by atomic mass is 32.2. The van der Waals surface area contributed by atoms with E-state index in [9.17, 15) is 4.79 Å². The Morgan fingerprint density at radius 3 is 2.67 bits per heavy atom. The molecule has 1 aliphatic heterocycles. The van der Waals surface area contributed by atoms with Crippen LogP contribution in [0.25, 0.3) is 0 Å². The third-order valence-electron chi connectivity index (χ3n) is 4.30. The van der Waals surface area contributed by atoms with Gasteiger partial charge in [0.05, 0.1) is 0 Å². The Hall–Kier alpha value is -1.78. The van der Waals surface area contributed by atoms with Gasteiger partial charge in [0, 0.05) is 42.4 Å². The molecule has 2 aromatic carbocycles. The highest BCUT2D eigenvalue weighted by Crippen LogP contribution is 2.27. The van der Waals surface area contributed by atoms with Crippen molar-refractivity contribution in [2.24, 2.45) is 0 Å². The van der Waals surface area contributed by atoms with Crippen molar-refractivity contribution in [3.63, 3.8) is 0 Å². The van der Waals surface area contributed by atoms with Gasteiger partial charge in [-0.15, -0.1) is 11.8 Å². The van der Waals surface area contributed by atoms with Crippen molar-refractivity contribution in [3.05, 3.63) is 64.7 Å². The molecule has 0 bridgehead atoms. The minimum atomic E-state index is 0.148. The van der Waals surface area contributed by atoms with E-state index in [4.69, 9.17) is 0 Å². The quantitative estimate of drug-likeness (QED) is 0.863. The first-order valence-electron chi connectivity index (χ1n) is 8.42. The number of amides is 1. The number of nitrogens with zero attached hydrogens (tertiary/aromatic N) is 1. The smallest absolute Gasteiger partial charge is 0.253 e. The number of hydrogen-bond donors (Lipinski definition) is 1. The van der Waals surface area contributed by atoms with Crippen molar-refractivity contribution >= 4 is 17.7 Å². The van der Waals surface area contributed by atoms with E-state index in [-0.39, 0.29) is 5.91 Å². The van der Waals surface area contributed by atoms with Gasteiger partial charge in [0.15, 0.2) is 0 Å². The van der Waals surface area contributed by atoms with Crippen LogP contribution in [0.4, 0.5) is 0 Å². The first-order valence-corrected chi connectivity index (χ1v) is 9.41. The van der Waals surface area contributed by atoms with Crippen molar-refractivity contribution in [2.75, 3.05) is 26.2 Å². The van der Waals surface area contributed by atoms with Crippen molar-refractivity contribution in [2.45, 2.75) is 24.5 Å². The number of hydrogen-bond acceptors (Lipinski definition) is 3. The molecule has 1 fully saturated rings. The number of nitrogens with one attached hydrogen (secondary N) is 1. The Labute approximate surface area is 148 Å². The maximum Gasteiger partial charge on any atom is 0.253 e. The normalized spacial score (nSPS) is 14.7. The van der Waals surface area contributed by atoms with Gasteiger partial charge >= 0.3 is 0 Å². The van der Waals surface area contributed by atoms with Crippen molar-refractivity contribution in [3.8, 4) is 0 Å². The summed E-state index contributed by atoms with van der Waals surface area (Å²) in [6, 6.07) is 14.6. The van der Waals surface area contributed by atoms with Gasteiger partial charge in [0.25, 0.3) is 5.91 Å². The Morgan fingerprint density at radius 2 is 1.92 bits per heavy atom. The minimum absolute atomic E-state index is 0.148. The van der Waals surface area contributed by atoms with Gasteiger partial charge in [-0.25, -0.2) is 0 Å². The molecule has 0 unspecified atom stereocenters. The Morgan fingerprint density at radius 1 is 1.12 bits per heavy atom. The molecular weight excluding hydrogens is 316 g/mol. The number of benzene rings is 2. The number of thioether (sulfide) groups is 1. The highest BCUT2D eigenvalue weighted by Gasteiger charge is 2.17. The Kier molecular flexibility index (Phi) is 5.59. The fourth-order valence-corrected chi connectivity index (χ4v) is 3.92. The van der Waals surface area contributed by atoms with E-state index in [0.717, 1.165) is 37.5 Å². The maximum atomic E-state index is 12.6. The predicted octanol–water partition coefficient (Wildman–Crippen LogP) is 3.64. The fraction of sp³-hybridized carbons (Fsp3) is 0.350. The van der Waals surface area contributed by atoms with Crippen LogP contribution in [-0.2, 0) is 5.75 Å². The van der Waals surface area contributed by atoms with Crippen LogP contribution in [0.5, 0.6) is 0 Å². The fourth-order valence-electron chi connectivity index (χ4n) is 2.97. The molecule has 0 saturated carbocycles. The number of rotatable bonds is 4. The zero-order valence-electron chi connectivity index (χ0n) is 14.3. The van der Waals surface area contributed by atoms with Crippen LogP contribution in [0.15, 0.2) is 47.4 Å². The van der Waals surface area contributed by atoms with E-state index in [1.54, 1.807) is 0 Å². The summed E-state index contributed by atoms with van der Waals surface area (Å²) in [5.41, 5.74) is 4.60. The molecule has 1 saturated heterocycles. The maximum absolute atomic E-state index is 12.6. The molecule has 1 N–H and O–H groups in total. The van der Waals surface area contributed by atoms with Crippen molar-refractivity contribution < 1.29 is 4.79 Å². The van der Waals surface area contributed by atoms with Gasteiger partial charge in [0.2, 0.25) is 0 Å².